The highest BCUT2D eigenvalue weighted by Gasteiger charge is 2.51. The monoisotopic (exact) mass is 797 g/mol. The maximum absolute atomic E-state index is 15.2. The van der Waals surface area contributed by atoms with E-state index < -0.39 is 60.4 Å². The molecule has 4 aliphatic heterocycles. The number of guanidine groups is 1. The number of nitrogens with two attached hydrogens (primary N) is 2. The SMILES string of the molecule is NC(N)=NCCC[C@@H]1NC(=O)[C@@H]2C[C@@H]3CCCC[C@@H]3N2C(=O)[C@H]2Cc3ccccc3CN2C(=O)[C@H](CO)NC(=O)[C@@H]2Cc3ccccc3CN2C(=O)CCCNC1=O. The lowest BCUT2D eigenvalue weighted by Gasteiger charge is -2.42. The zero-order chi connectivity index (χ0) is 40.9. The van der Waals surface area contributed by atoms with Gasteiger partial charge in [0, 0.05) is 51.5 Å². The molecule has 7 atom stereocenters. The molecule has 6 amide bonds. The Kier molecular flexibility index (Phi) is 12.6. The number of benzene rings is 2. The van der Waals surface area contributed by atoms with Crippen LogP contribution in [0.15, 0.2) is 53.5 Å². The van der Waals surface area contributed by atoms with Crippen molar-refractivity contribution in [2.45, 2.75) is 120 Å². The lowest BCUT2D eigenvalue weighted by Crippen LogP contribution is -2.63. The summed E-state index contributed by atoms with van der Waals surface area (Å²) >= 11 is 0. The summed E-state index contributed by atoms with van der Waals surface area (Å²) in [5.41, 5.74) is 14.6. The molecule has 2 aromatic carbocycles. The molecule has 8 N–H and O–H groups in total. The molecule has 16 heteroatoms. The summed E-state index contributed by atoms with van der Waals surface area (Å²) in [6.45, 7) is -0.144. The topological polar surface area (TPSA) is 233 Å². The predicted octanol–water partition coefficient (Wildman–Crippen LogP) is -0.0214. The van der Waals surface area contributed by atoms with E-state index in [0.29, 0.717) is 19.3 Å². The summed E-state index contributed by atoms with van der Waals surface area (Å²) in [7, 11) is 0. The highest BCUT2D eigenvalue weighted by molar-refractivity contribution is 5.97. The molecule has 0 radical (unpaired) electrons. The third-order valence-corrected chi connectivity index (χ3v) is 12.6. The van der Waals surface area contributed by atoms with Crippen molar-refractivity contribution in [3.63, 3.8) is 0 Å². The first-order valence-electron chi connectivity index (χ1n) is 20.6. The van der Waals surface area contributed by atoms with Crippen LogP contribution in [0.4, 0.5) is 0 Å². The van der Waals surface area contributed by atoms with Gasteiger partial charge in [-0.15, -0.1) is 0 Å². The van der Waals surface area contributed by atoms with Crippen LogP contribution in [0.3, 0.4) is 0 Å². The van der Waals surface area contributed by atoms with Gasteiger partial charge in [-0.05, 0) is 66.7 Å². The molecule has 0 aromatic heterocycles. The van der Waals surface area contributed by atoms with Crippen LogP contribution in [0.1, 0.15) is 80.0 Å². The standard InChI is InChI=1S/C42H55N9O7/c43-42(44)46-18-7-14-30-37(54)45-17-8-16-36(53)49-22-28-12-3-1-9-25(28)19-33(49)38(55)48-31(24-52)40(57)50-23-29-13-4-2-10-26(29)20-35(50)41(58)51-32-15-6-5-11-27(32)21-34(51)39(56)47-30/h1-4,9-10,12-13,27,30-35,52H,5-8,11,14-24H2,(H,45,54)(H,47,56)(H,48,55)(H4,43,44,46)/t27-,30-,31-,32-,33-,34-,35+/m0/s1. The Morgan fingerprint density at radius 2 is 1.34 bits per heavy atom. The molecule has 4 heterocycles. The van der Waals surface area contributed by atoms with Gasteiger partial charge in [0.25, 0.3) is 0 Å². The van der Waals surface area contributed by atoms with Gasteiger partial charge in [0.15, 0.2) is 5.96 Å². The fourth-order valence-electron chi connectivity index (χ4n) is 9.59. The van der Waals surface area contributed by atoms with Crippen molar-refractivity contribution in [1.29, 1.82) is 0 Å². The van der Waals surface area contributed by atoms with Crippen molar-refractivity contribution in [3.8, 4) is 0 Å². The fourth-order valence-corrected chi connectivity index (χ4v) is 9.59. The van der Waals surface area contributed by atoms with Crippen LogP contribution in [0.5, 0.6) is 0 Å². The lowest BCUT2D eigenvalue weighted by molar-refractivity contribution is -0.153. The van der Waals surface area contributed by atoms with Crippen LogP contribution in [0.2, 0.25) is 0 Å². The van der Waals surface area contributed by atoms with E-state index in [4.69, 9.17) is 11.5 Å². The van der Waals surface area contributed by atoms with Crippen molar-refractivity contribution in [3.05, 3.63) is 70.8 Å². The molecule has 16 nitrogen and oxygen atoms in total. The number of carbonyl (C=O) groups is 6. The Morgan fingerprint density at radius 1 is 0.724 bits per heavy atom. The average molecular weight is 798 g/mol. The van der Waals surface area contributed by atoms with Gasteiger partial charge in [-0.3, -0.25) is 33.8 Å². The first kappa shape index (κ1) is 40.7. The summed E-state index contributed by atoms with van der Waals surface area (Å²) in [5, 5.41) is 19.3. The van der Waals surface area contributed by atoms with Gasteiger partial charge in [0.1, 0.15) is 30.2 Å². The molecule has 0 unspecified atom stereocenters. The van der Waals surface area contributed by atoms with Gasteiger partial charge in [-0.2, -0.15) is 0 Å². The van der Waals surface area contributed by atoms with E-state index in [2.05, 4.69) is 20.9 Å². The number of aliphatic hydroxyl groups excluding tert-OH is 1. The largest absolute Gasteiger partial charge is 0.394 e. The summed E-state index contributed by atoms with van der Waals surface area (Å²) in [5.74, 6) is -2.84. The number of carbonyl (C=O) groups excluding carboxylic acids is 6. The Balaban J connectivity index is 1.25. The van der Waals surface area contributed by atoms with Gasteiger partial charge in [0.05, 0.1) is 6.61 Å². The number of hydrogen-bond acceptors (Lipinski definition) is 8. The van der Waals surface area contributed by atoms with Crippen molar-refractivity contribution in [2.75, 3.05) is 19.7 Å². The highest BCUT2D eigenvalue weighted by Crippen LogP contribution is 2.41. The summed E-state index contributed by atoms with van der Waals surface area (Å²) < 4.78 is 0. The second-order valence-electron chi connectivity index (χ2n) is 16.2. The quantitative estimate of drug-likeness (QED) is 0.135. The summed E-state index contributed by atoms with van der Waals surface area (Å²) in [6.07, 6.45) is 5.08. The second-order valence-corrected chi connectivity index (χ2v) is 16.2. The maximum Gasteiger partial charge on any atom is 0.248 e. The zero-order valence-electron chi connectivity index (χ0n) is 32.8. The number of nitrogens with zero attached hydrogens (tertiary/aromatic N) is 4. The first-order valence-corrected chi connectivity index (χ1v) is 20.6. The average Bonchev–Trinajstić information content (AvgIpc) is 3.63. The van der Waals surface area contributed by atoms with Crippen molar-refractivity contribution >= 4 is 41.4 Å². The van der Waals surface area contributed by atoms with E-state index in [-0.39, 0.29) is 88.0 Å². The minimum atomic E-state index is -1.40. The molecule has 58 heavy (non-hydrogen) atoms. The fraction of sp³-hybridized carbons (Fsp3) is 0.548. The molecular formula is C42H55N9O7. The Bertz CT molecular complexity index is 1940. The van der Waals surface area contributed by atoms with Gasteiger partial charge < -0.3 is 47.2 Å². The Labute approximate surface area is 338 Å². The van der Waals surface area contributed by atoms with Gasteiger partial charge >= 0.3 is 0 Å². The number of amides is 6. The van der Waals surface area contributed by atoms with E-state index in [1.165, 1.54) is 9.80 Å². The van der Waals surface area contributed by atoms with E-state index in [0.717, 1.165) is 41.5 Å². The third-order valence-electron chi connectivity index (χ3n) is 12.6. The lowest BCUT2D eigenvalue weighted by atomic mass is 9.84. The van der Waals surface area contributed by atoms with Crippen LogP contribution in [0, 0.1) is 5.92 Å². The van der Waals surface area contributed by atoms with Crippen LogP contribution < -0.4 is 27.4 Å². The highest BCUT2D eigenvalue weighted by atomic mass is 16.3. The van der Waals surface area contributed by atoms with Gasteiger partial charge in [-0.1, -0.05) is 61.4 Å². The molecule has 5 aliphatic rings. The number of fused-ring (bicyclic) bond motifs is 7. The van der Waals surface area contributed by atoms with Crippen LogP contribution in [-0.2, 0) is 54.7 Å². The zero-order valence-corrected chi connectivity index (χ0v) is 32.8. The summed E-state index contributed by atoms with van der Waals surface area (Å²) in [4.78, 5) is 94.6. The summed E-state index contributed by atoms with van der Waals surface area (Å²) in [6, 6.07) is 9.58. The Hall–Kier alpha value is -5.51. The minimum Gasteiger partial charge on any atom is -0.394 e. The molecule has 3 fully saturated rings. The predicted molar refractivity (Wildman–Crippen MR) is 213 cm³/mol. The molecular weight excluding hydrogens is 743 g/mol. The van der Waals surface area contributed by atoms with Gasteiger partial charge in [0.2, 0.25) is 35.4 Å². The number of aliphatic imine (C=N–C) groups is 1. The molecule has 310 valence electrons. The molecule has 2 aromatic rings. The number of hydrogen-bond donors (Lipinski definition) is 6. The van der Waals surface area contributed by atoms with Crippen molar-refractivity contribution in [2.24, 2.45) is 22.4 Å². The first-order chi connectivity index (χ1) is 28.0. The maximum atomic E-state index is 15.2. The van der Waals surface area contributed by atoms with E-state index in [9.17, 15) is 29.1 Å². The molecule has 1 saturated carbocycles. The Morgan fingerprint density at radius 3 is 2.03 bits per heavy atom. The van der Waals surface area contributed by atoms with E-state index in [1.54, 1.807) is 4.90 Å². The number of rotatable bonds is 5. The van der Waals surface area contributed by atoms with Crippen molar-refractivity contribution in [1.82, 2.24) is 30.7 Å². The normalized spacial score (nSPS) is 28.4. The van der Waals surface area contributed by atoms with Crippen LogP contribution in [-0.4, -0.2) is 117 Å². The van der Waals surface area contributed by atoms with Crippen LogP contribution >= 0.6 is 0 Å². The van der Waals surface area contributed by atoms with E-state index >= 15 is 4.79 Å². The van der Waals surface area contributed by atoms with Crippen molar-refractivity contribution < 1.29 is 33.9 Å². The molecule has 0 bridgehead atoms. The van der Waals surface area contributed by atoms with Gasteiger partial charge in [-0.25, -0.2) is 0 Å². The second kappa shape index (κ2) is 18.0. The van der Waals surface area contributed by atoms with E-state index in [1.807, 2.05) is 48.5 Å². The molecule has 7 rings (SSSR count). The smallest absolute Gasteiger partial charge is 0.248 e. The third kappa shape index (κ3) is 8.66. The molecule has 0 spiro atoms. The number of nitrogens with one attached hydrogen (secondary N) is 3. The molecule has 2 saturated heterocycles. The minimum absolute atomic E-state index is 0.0207. The molecule has 1 aliphatic carbocycles. The number of aliphatic hydroxyl groups is 1. The van der Waals surface area contributed by atoms with Crippen LogP contribution in [0.25, 0.3) is 0 Å².